The molecule has 0 saturated carbocycles. The second-order valence-corrected chi connectivity index (χ2v) is 5.60. The van der Waals surface area contributed by atoms with E-state index < -0.39 is 18.5 Å². The fraction of sp³-hybridized carbons (Fsp3) is 0.167. The van der Waals surface area contributed by atoms with Crippen LogP contribution >= 0.6 is 22.7 Å². The molecular weight excluding hydrogens is 324 g/mol. The minimum atomic E-state index is -3.00. The molecule has 0 spiro atoms. The van der Waals surface area contributed by atoms with Gasteiger partial charge in [-0.3, -0.25) is 4.79 Å². The molecule has 1 amide bonds. The zero-order valence-corrected chi connectivity index (χ0v) is 12.2. The number of methoxy groups -OCH3 is 1. The summed E-state index contributed by atoms with van der Waals surface area (Å²) < 4.78 is 33.2. The Kier molecular flexibility index (Phi) is 4.86. The summed E-state index contributed by atoms with van der Waals surface area (Å²) in [5.41, 5.74) is 0. The summed E-state index contributed by atoms with van der Waals surface area (Å²) in [6, 6.07) is 4.31. The molecule has 2 rings (SSSR count). The average Bonchev–Trinajstić information content (AvgIpc) is 3.06. The minimum absolute atomic E-state index is 0.0309. The third kappa shape index (κ3) is 3.76. The van der Waals surface area contributed by atoms with Gasteiger partial charge in [0, 0.05) is 0 Å². The Hall–Kier alpha value is -2.00. The van der Waals surface area contributed by atoms with Crippen LogP contribution in [0.4, 0.5) is 13.8 Å². The van der Waals surface area contributed by atoms with Crippen molar-refractivity contribution in [2.75, 3.05) is 12.4 Å². The fourth-order valence-electron chi connectivity index (χ4n) is 1.44. The maximum atomic E-state index is 12.2. The summed E-state index contributed by atoms with van der Waals surface area (Å²) in [5, 5.41) is 4.39. The molecule has 0 aliphatic rings. The summed E-state index contributed by atoms with van der Waals surface area (Å²) in [6.45, 7) is -3.00. The largest absolute Gasteiger partial charge is 0.465 e. The molecular formula is C12H9F2NO4S2. The van der Waals surface area contributed by atoms with Gasteiger partial charge in [-0.1, -0.05) is 0 Å². The number of carbonyl (C=O) groups is 2. The van der Waals surface area contributed by atoms with Gasteiger partial charge in [0.1, 0.15) is 15.5 Å². The summed E-state index contributed by atoms with van der Waals surface area (Å²) >= 11 is 2.00. The van der Waals surface area contributed by atoms with Gasteiger partial charge in [-0.25, -0.2) is 4.79 Å². The number of thiophene rings is 2. The quantitative estimate of drug-likeness (QED) is 0.851. The van der Waals surface area contributed by atoms with Gasteiger partial charge in [0.05, 0.1) is 12.1 Å². The lowest BCUT2D eigenvalue weighted by Crippen LogP contribution is -2.12. The van der Waals surface area contributed by atoms with Gasteiger partial charge in [-0.15, -0.1) is 22.7 Å². The molecule has 9 heteroatoms. The van der Waals surface area contributed by atoms with Crippen LogP contribution in [0, 0.1) is 0 Å². The first kappa shape index (κ1) is 15.4. The van der Waals surface area contributed by atoms with Crippen molar-refractivity contribution >= 4 is 39.6 Å². The van der Waals surface area contributed by atoms with Gasteiger partial charge in [0.2, 0.25) is 0 Å². The molecule has 21 heavy (non-hydrogen) atoms. The molecule has 0 aromatic carbocycles. The van der Waals surface area contributed by atoms with E-state index in [2.05, 4.69) is 14.8 Å². The van der Waals surface area contributed by atoms with Crippen molar-refractivity contribution in [3.05, 3.63) is 33.3 Å². The lowest BCUT2D eigenvalue weighted by Gasteiger charge is -2.05. The summed E-state index contributed by atoms with van der Waals surface area (Å²) in [6.07, 6.45) is 0. The number of nitrogens with one attached hydrogen (secondary N) is 1. The SMILES string of the molecule is COC(=O)c1ccc(NC(=O)c2sccc2OC(F)F)s1. The van der Waals surface area contributed by atoms with Crippen molar-refractivity contribution in [1.82, 2.24) is 0 Å². The van der Waals surface area contributed by atoms with Gasteiger partial charge in [0.25, 0.3) is 5.91 Å². The van der Waals surface area contributed by atoms with Gasteiger partial charge in [-0.2, -0.15) is 8.78 Å². The van der Waals surface area contributed by atoms with Crippen molar-refractivity contribution < 1.29 is 27.8 Å². The molecule has 2 aromatic rings. The number of halogens is 2. The van der Waals surface area contributed by atoms with Crippen molar-refractivity contribution in [2.45, 2.75) is 6.61 Å². The molecule has 112 valence electrons. The Morgan fingerprint density at radius 3 is 2.71 bits per heavy atom. The first-order chi connectivity index (χ1) is 10.0. The van der Waals surface area contributed by atoms with Crippen LogP contribution in [-0.2, 0) is 4.74 Å². The Labute approximate surface area is 126 Å². The molecule has 2 aromatic heterocycles. The number of alkyl halides is 2. The van der Waals surface area contributed by atoms with E-state index in [1.807, 2.05) is 0 Å². The number of carbonyl (C=O) groups excluding carboxylic acids is 2. The predicted octanol–water partition coefficient (Wildman–Crippen LogP) is 3.45. The Balaban J connectivity index is 2.09. The third-order valence-electron chi connectivity index (χ3n) is 2.28. The van der Waals surface area contributed by atoms with E-state index in [0.29, 0.717) is 9.88 Å². The standard InChI is InChI=1S/C12H9F2NO4S2/c1-18-11(17)7-2-3-8(21-7)15-10(16)9-6(4-5-20-9)19-12(13)14/h2-5,12H,1H3,(H,15,16). The minimum Gasteiger partial charge on any atom is -0.465 e. The molecule has 0 unspecified atom stereocenters. The number of ether oxygens (including phenoxy) is 2. The number of amides is 1. The van der Waals surface area contributed by atoms with E-state index >= 15 is 0 Å². The zero-order valence-electron chi connectivity index (χ0n) is 10.6. The highest BCUT2D eigenvalue weighted by molar-refractivity contribution is 7.18. The van der Waals surface area contributed by atoms with E-state index in [-0.39, 0.29) is 10.6 Å². The molecule has 0 radical (unpaired) electrons. The molecule has 1 N–H and O–H groups in total. The van der Waals surface area contributed by atoms with E-state index in [0.717, 1.165) is 22.7 Å². The average molecular weight is 333 g/mol. The normalized spacial score (nSPS) is 10.5. The highest BCUT2D eigenvalue weighted by atomic mass is 32.1. The van der Waals surface area contributed by atoms with Crippen LogP contribution < -0.4 is 10.1 Å². The molecule has 0 aliphatic carbocycles. The topological polar surface area (TPSA) is 64.6 Å². The van der Waals surface area contributed by atoms with Crippen molar-refractivity contribution in [1.29, 1.82) is 0 Å². The summed E-state index contributed by atoms with van der Waals surface area (Å²) in [4.78, 5) is 23.6. The zero-order chi connectivity index (χ0) is 15.4. The number of esters is 1. The van der Waals surface area contributed by atoms with Crippen LogP contribution in [0.15, 0.2) is 23.6 Å². The van der Waals surface area contributed by atoms with Gasteiger partial charge < -0.3 is 14.8 Å². The first-order valence-electron chi connectivity index (χ1n) is 5.53. The maximum absolute atomic E-state index is 12.2. The molecule has 0 saturated heterocycles. The monoisotopic (exact) mass is 333 g/mol. The second-order valence-electron chi connectivity index (χ2n) is 3.60. The van der Waals surface area contributed by atoms with Crippen LogP contribution in [0.3, 0.4) is 0 Å². The number of hydrogen-bond donors (Lipinski definition) is 1. The van der Waals surface area contributed by atoms with Crippen molar-refractivity contribution in [3.8, 4) is 5.75 Å². The Morgan fingerprint density at radius 2 is 2.05 bits per heavy atom. The highest BCUT2D eigenvalue weighted by Gasteiger charge is 2.18. The number of hydrogen-bond acceptors (Lipinski definition) is 6. The van der Waals surface area contributed by atoms with E-state index in [1.54, 1.807) is 0 Å². The van der Waals surface area contributed by atoms with Gasteiger partial charge >= 0.3 is 12.6 Å². The van der Waals surface area contributed by atoms with Crippen molar-refractivity contribution in [3.63, 3.8) is 0 Å². The number of anilines is 1. The molecule has 5 nitrogen and oxygen atoms in total. The fourth-order valence-corrected chi connectivity index (χ4v) is 2.97. The molecule has 0 bridgehead atoms. The van der Waals surface area contributed by atoms with Crippen molar-refractivity contribution in [2.24, 2.45) is 0 Å². The van der Waals surface area contributed by atoms with Crippen LogP contribution in [0.5, 0.6) is 5.75 Å². The van der Waals surface area contributed by atoms with E-state index in [1.165, 1.54) is 30.7 Å². The predicted molar refractivity (Wildman–Crippen MR) is 74.6 cm³/mol. The lowest BCUT2D eigenvalue weighted by molar-refractivity contribution is -0.0498. The molecule has 2 heterocycles. The van der Waals surface area contributed by atoms with Crippen LogP contribution in [0.1, 0.15) is 19.3 Å². The first-order valence-corrected chi connectivity index (χ1v) is 7.22. The van der Waals surface area contributed by atoms with E-state index in [9.17, 15) is 18.4 Å². The molecule has 0 fully saturated rings. The summed E-state index contributed by atoms with van der Waals surface area (Å²) in [7, 11) is 1.25. The van der Waals surface area contributed by atoms with E-state index in [4.69, 9.17) is 0 Å². The summed E-state index contributed by atoms with van der Waals surface area (Å²) in [5.74, 6) is -1.28. The second kappa shape index (κ2) is 6.64. The maximum Gasteiger partial charge on any atom is 0.387 e. The van der Waals surface area contributed by atoms with Crippen LogP contribution in [0.25, 0.3) is 0 Å². The Morgan fingerprint density at radius 1 is 1.29 bits per heavy atom. The third-order valence-corrected chi connectivity index (χ3v) is 4.16. The van der Waals surface area contributed by atoms with Crippen LogP contribution in [-0.4, -0.2) is 25.6 Å². The molecule has 0 atom stereocenters. The smallest absolute Gasteiger partial charge is 0.387 e. The van der Waals surface area contributed by atoms with Gasteiger partial charge in [0.15, 0.2) is 0 Å². The Bertz CT molecular complexity index is 653. The van der Waals surface area contributed by atoms with Crippen LogP contribution in [0.2, 0.25) is 0 Å². The highest BCUT2D eigenvalue weighted by Crippen LogP contribution is 2.29. The number of rotatable bonds is 5. The lowest BCUT2D eigenvalue weighted by atomic mass is 10.4. The molecule has 0 aliphatic heterocycles. The van der Waals surface area contributed by atoms with Gasteiger partial charge in [-0.05, 0) is 23.6 Å².